The molecule has 4 aliphatic rings. The highest BCUT2D eigenvalue weighted by Gasteiger charge is 2.55. The summed E-state index contributed by atoms with van der Waals surface area (Å²) in [7, 11) is 0. The molecule has 1 N–H and O–H groups in total. The van der Waals surface area contributed by atoms with E-state index in [-0.39, 0.29) is 11.7 Å². The Morgan fingerprint density at radius 1 is 1.33 bits per heavy atom. The monoisotopic (exact) mass is 330 g/mol. The van der Waals surface area contributed by atoms with Gasteiger partial charge in [0.2, 0.25) is 0 Å². The van der Waals surface area contributed by atoms with Gasteiger partial charge in [-0.25, -0.2) is 0 Å². The first-order chi connectivity index (χ1) is 11.4. The van der Waals surface area contributed by atoms with Crippen molar-refractivity contribution in [2.45, 2.75) is 78.2 Å². The second kappa shape index (κ2) is 5.97. The lowest BCUT2D eigenvalue weighted by atomic mass is 9.49. The molecule has 0 spiro atoms. The van der Waals surface area contributed by atoms with E-state index in [9.17, 15) is 9.90 Å². The van der Waals surface area contributed by atoms with Crippen LogP contribution in [0.4, 0.5) is 0 Å². The minimum Gasteiger partial charge on any atom is -0.392 e. The number of carbonyl (C=O) groups excluding carboxylic acids is 1. The molecule has 4 aliphatic carbocycles. The van der Waals surface area contributed by atoms with Crippen LogP contribution in [0.1, 0.15) is 72.1 Å². The molecule has 0 aliphatic heterocycles. The van der Waals surface area contributed by atoms with Crippen LogP contribution in [0.2, 0.25) is 0 Å². The first kappa shape index (κ1) is 16.8. The molecule has 8 atom stereocenters. The first-order valence-electron chi connectivity index (χ1n) is 10.4. The number of rotatable bonds is 2. The molecular formula is C22H34O2. The van der Waals surface area contributed by atoms with Crippen LogP contribution >= 0.6 is 0 Å². The Morgan fingerprint density at radius 2 is 2.12 bits per heavy atom. The average molecular weight is 331 g/mol. The number of fused-ring (bicyclic) bond motifs is 5. The largest absolute Gasteiger partial charge is 0.392 e. The molecule has 0 heterocycles. The number of ketones is 1. The maximum absolute atomic E-state index is 12.5. The smallest absolute Gasteiger partial charge is 0.161 e. The van der Waals surface area contributed by atoms with Crippen molar-refractivity contribution in [2.24, 2.45) is 40.9 Å². The lowest BCUT2D eigenvalue weighted by molar-refractivity contribution is -0.124. The highest BCUT2D eigenvalue weighted by molar-refractivity contribution is 5.94. The maximum Gasteiger partial charge on any atom is 0.161 e. The maximum atomic E-state index is 12.5. The van der Waals surface area contributed by atoms with Gasteiger partial charge < -0.3 is 5.11 Å². The van der Waals surface area contributed by atoms with Gasteiger partial charge in [-0.15, -0.1) is 0 Å². The third-order valence-corrected chi connectivity index (χ3v) is 8.46. The Hall–Kier alpha value is -0.630. The van der Waals surface area contributed by atoms with E-state index in [4.69, 9.17) is 0 Å². The fourth-order valence-corrected chi connectivity index (χ4v) is 7.24. The number of allylic oxidation sites excluding steroid dienone is 1. The standard InChI is InChI=1S/C22H34O2/c1-4-19(23)17-12-16-14(11-20(17)24)10-13(2)21-15(16)7-9-22(3)8-5-6-18(21)22/h11,13,15-19,21,23H,4-10,12H2,1-3H3/t13?,15-,16+,17?,18+,19?,21-,22+/m1/s1. The fourth-order valence-electron chi connectivity index (χ4n) is 7.24. The number of aliphatic hydroxyl groups is 1. The molecular weight excluding hydrogens is 296 g/mol. The topological polar surface area (TPSA) is 37.3 Å². The summed E-state index contributed by atoms with van der Waals surface area (Å²) < 4.78 is 0. The van der Waals surface area contributed by atoms with E-state index in [0.717, 1.165) is 36.5 Å². The molecule has 4 rings (SSSR count). The Balaban J connectivity index is 1.64. The van der Waals surface area contributed by atoms with E-state index in [1.165, 1.54) is 37.7 Å². The summed E-state index contributed by atoms with van der Waals surface area (Å²) in [5.41, 5.74) is 2.01. The van der Waals surface area contributed by atoms with Gasteiger partial charge in [0.05, 0.1) is 6.10 Å². The van der Waals surface area contributed by atoms with Gasteiger partial charge in [-0.05, 0) is 86.0 Å². The molecule has 24 heavy (non-hydrogen) atoms. The van der Waals surface area contributed by atoms with Crippen molar-refractivity contribution in [3.05, 3.63) is 11.6 Å². The molecule has 0 amide bonds. The second-order valence-electron chi connectivity index (χ2n) is 9.66. The van der Waals surface area contributed by atoms with E-state index in [2.05, 4.69) is 13.8 Å². The zero-order valence-electron chi connectivity index (χ0n) is 15.6. The van der Waals surface area contributed by atoms with Gasteiger partial charge in [-0.1, -0.05) is 32.8 Å². The van der Waals surface area contributed by atoms with Gasteiger partial charge in [0.1, 0.15) is 0 Å². The minimum atomic E-state index is -0.451. The molecule has 3 fully saturated rings. The molecule has 134 valence electrons. The normalized spacial score (nSPS) is 49.0. The molecule has 2 nitrogen and oxygen atoms in total. The summed E-state index contributed by atoms with van der Waals surface area (Å²) in [4.78, 5) is 12.5. The van der Waals surface area contributed by atoms with E-state index in [1.54, 1.807) is 0 Å². The average Bonchev–Trinajstić information content (AvgIpc) is 2.95. The Morgan fingerprint density at radius 3 is 2.88 bits per heavy atom. The van der Waals surface area contributed by atoms with Crippen molar-refractivity contribution in [1.82, 2.24) is 0 Å². The lowest BCUT2D eigenvalue weighted by Crippen LogP contribution is -2.49. The summed E-state index contributed by atoms with van der Waals surface area (Å²) in [6.45, 7) is 6.98. The quantitative estimate of drug-likeness (QED) is 0.792. The number of carbonyl (C=O) groups is 1. The van der Waals surface area contributed by atoms with E-state index in [1.807, 2.05) is 13.0 Å². The molecule has 0 aromatic heterocycles. The molecule has 0 aromatic rings. The van der Waals surface area contributed by atoms with Gasteiger partial charge in [-0.2, -0.15) is 0 Å². The number of hydrogen-bond acceptors (Lipinski definition) is 2. The summed E-state index contributed by atoms with van der Waals surface area (Å²) in [6, 6.07) is 0. The Kier molecular flexibility index (Phi) is 4.18. The van der Waals surface area contributed by atoms with Crippen LogP contribution < -0.4 is 0 Å². The van der Waals surface area contributed by atoms with Crippen molar-refractivity contribution in [1.29, 1.82) is 0 Å². The molecule has 0 radical (unpaired) electrons. The highest BCUT2D eigenvalue weighted by atomic mass is 16.3. The third kappa shape index (κ3) is 2.43. The predicted octanol–water partition coefficient (Wildman–Crippen LogP) is 4.76. The van der Waals surface area contributed by atoms with Crippen LogP contribution in [0, 0.1) is 40.9 Å². The van der Waals surface area contributed by atoms with Crippen LogP contribution in [0.15, 0.2) is 11.6 Å². The van der Waals surface area contributed by atoms with Crippen LogP contribution in [0.3, 0.4) is 0 Å². The van der Waals surface area contributed by atoms with Crippen LogP contribution in [-0.4, -0.2) is 17.0 Å². The molecule has 3 unspecified atom stereocenters. The Labute approximate surface area is 147 Å². The first-order valence-corrected chi connectivity index (χ1v) is 10.4. The van der Waals surface area contributed by atoms with Crippen LogP contribution in [0.25, 0.3) is 0 Å². The molecule has 0 aromatic carbocycles. The van der Waals surface area contributed by atoms with Crippen molar-refractivity contribution in [2.75, 3.05) is 0 Å². The highest BCUT2D eigenvalue weighted by Crippen LogP contribution is 2.63. The molecule has 0 bridgehead atoms. The minimum absolute atomic E-state index is 0.144. The van der Waals surface area contributed by atoms with Crippen molar-refractivity contribution >= 4 is 5.78 Å². The van der Waals surface area contributed by atoms with Gasteiger partial charge in [0, 0.05) is 5.92 Å². The second-order valence-corrected chi connectivity index (χ2v) is 9.66. The number of hydrogen-bond donors (Lipinski definition) is 1. The molecule has 0 saturated heterocycles. The van der Waals surface area contributed by atoms with E-state index >= 15 is 0 Å². The zero-order chi connectivity index (χ0) is 17.1. The third-order valence-electron chi connectivity index (χ3n) is 8.46. The molecule has 3 saturated carbocycles. The summed E-state index contributed by atoms with van der Waals surface area (Å²) >= 11 is 0. The van der Waals surface area contributed by atoms with Gasteiger partial charge in [0.15, 0.2) is 5.78 Å². The SMILES string of the molecule is CCC(O)C1C[C@H]2C(=CC1=O)CC(C)[C@@H]1[C@@H]2CC[C@]2(C)CCC[C@@H]12. The van der Waals surface area contributed by atoms with Gasteiger partial charge in [-0.3, -0.25) is 4.79 Å². The summed E-state index contributed by atoms with van der Waals surface area (Å²) in [5.74, 6) is 3.86. The lowest BCUT2D eigenvalue weighted by Gasteiger charge is -2.55. The zero-order valence-corrected chi connectivity index (χ0v) is 15.6. The summed E-state index contributed by atoms with van der Waals surface area (Å²) in [6.07, 6.45) is 11.2. The molecule has 2 heteroatoms. The Bertz CT molecular complexity index is 550. The van der Waals surface area contributed by atoms with Gasteiger partial charge in [0.25, 0.3) is 0 Å². The number of aliphatic hydroxyl groups excluding tert-OH is 1. The van der Waals surface area contributed by atoms with Gasteiger partial charge >= 0.3 is 0 Å². The van der Waals surface area contributed by atoms with E-state index < -0.39 is 6.10 Å². The predicted molar refractivity (Wildman–Crippen MR) is 96.4 cm³/mol. The summed E-state index contributed by atoms with van der Waals surface area (Å²) in [5, 5.41) is 10.3. The van der Waals surface area contributed by atoms with Crippen molar-refractivity contribution < 1.29 is 9.90 Å². The van der Waals surface area contributed by atoms with E-state index in [0.29, 0.717) is 17.8 Å². The van der Waals surface area contributed by atoms with Crippen LogP contribution in [-0.2, 0) is 4.79 Å². The van der Waals surface area contributed by atoms with Crippen molar-refractivity contribution in [3.8, 4) is 0 Å². The van der Waals surface area contributed by atoms with Crippen molar-refractivity contribution in [3.63, 3.8) is 0 Å². The van der Waals surface area contributed by atoms with Crippen LogP contribution in [0.5, 0.6) is 0 Å². The fraction of sp³-hybridized carbons (Fsp3) is 0.864.